The van der Waals surface area contributed by atoms with Gasteiger partial charge in [0.25, 0.3) is 0 Å². The zero-order chi connectivity index (χ0) is 12.1. The Morgan fingerprint density at radius 2 is 2.19 bits per heavy atom. The van der Waals surface area contributed by atoms with Crippen LogP contribution in [-0.4, -0.2) is 12.4 Å². The molecule has 0 unspecified atom stereocenters. The van der Waals surface area contributed by atoms with Crippen molar-refractivity contribution in [2.45, 2.75) is 6.92 Å². The average molecular weight is 247 g/mol. The topological polar surface area (TPSA) is 26.3 Å². The van der Waals surface area contributed by atoms with Crippen LogP contribution in [0.2, 0.25) is 0 Å². The number of allylic oxidation sites excluding steroid dienone is 1. The van der Waals surface area contributed by atoms with Crippen molar-refractivity contribution in [3.05, 3.63) is 46.7 Å². The Balaban J connectivity index is 2.96. The smallest absolute Gasteiger partial charge is 0.210 e. The summed E-state index contributed by atoms with van der Waals surface area (Å²) in [5, 5.41) is -0.257. The van der Waals surface area contributed by atoms with Crippen LogP contribution >= 0.6 is 11.6 Å². The molecule has 1 rings (SSSR count). The Morgan fingerprint density at radius 1 is 1.50 bits per heavy atom. The van der Waals surface area contributed by atoms with Crippen molar-refractivity contribution in [1.82, 2.24) is 0 Å². The molecule has 1 aromatic rings. The minimum absolute atomic E-state index is 0.257. The van der Waals surface area contributed by atoms with E-state index < -0.39 is 17.4 Å². The molecule has 0 aliphatic heterocycles. The lowest BCUT2D eigenvalue weighted by molar-refractivity contribution is 0.103. The van der Waals surface area contributed by atoms with Gasteiger partial charge in [0.2, 0.25) is 5.78 Å². The van der Waals surface area contributed by atoms with Crippen molar-refractivity contribution in [3.8, 4) is 0 Å². The lowest BCUT2D eigenvalue weighted by atomic mass is 10.1. The van der Waals surface area contributed by atoms with E-state index in [1.165, 1.54) is 0 Å². The molecule has 2 nitrogen and oxygen atoms in total. The van der Waals surface area contributed by atoms with Crippen LogP contribution in [0.1, 0.15) is 17.3 Å². The summed E-state index contributed by atoms with van der Waals surface area (Å²) in [4.78, 5) is 11.5. The highest BCUT2D eigenvalue weighted by atomic mass is 35.5. The maximum absolute atomic E-state index is 13.2. The molecule has 0 spiro atoms. The molecule has 0 saturated heterocycles. The molecular weight excluding hydrogens is 238 g/mol. The molecule has 0 atom stereocenters. The summed E-state index contributed by atoms with van der Waals surface area (Å²) in [5.74, 6) is -2.44. The van der Waals surface area contributed by atoms with Crippen molar-refractivity contribution in [2.24, 2.45) is 0 Å². The minimum atomic E-state index is -0.951. The normalized spacial score (nSPS) is 11.4. The van der Waals surface area contributed by atoms with Gasteiger partial charge in [0.15, 0.2) is 0 Å². The summed E-state index contributed by atoms with van der Waals surface area (Å²) in [6, 6.07) is 2.65. The second-order valence-electron chi connectivity index (χ2n) is 2.87. The molecule has 0 aliphatic rings. The highest BCUT2D eigenvalue weighted by Crippen LogP contribution is 2.16. The van der Waals surface area contributed by atoms with Crippen LogP contribution in [0.4, 0.5) is 8.78 Å². The average Bonchev–Trinajstić information content (AvgIpc) is 2.25. The third-order valence-electron chi connectivity index (χ3n) is 1.75. The van der Waals surface area contributed by atoms with Gasteiger partial charge in [-0.1, -0.05) is 11.6 Å². The van der Waals surface area contributed by atoms with Gasteiger partial charge in [-0.05, 0) is 19.1 Å². The van der Waals surface area contributed by atoms with Crippen LogP contribution in [0, 0.1) is 11.6 Å². The molecule has 0 aliphatic carbocycles. The third kappa shape index (κ3) is 3.03. The van der Waals surface area contributed by atoms with Crippen LogP contribution < -0.4 is 0 Å². The van der Waals surface area contributed by atoms with Gasteiger partial charge in [0.05, 0.1) is 12.2 Å². The summed E-state index contributed by atoms with van der Waals surface area (Å²) in [5.41, 5.74) is -0.289. The number of halogens is 3. The third-order valence-corrected chi connectivity index (χ3v) is 2.01. The van der Waals surface area contributed by atoms with Crippen LogP contribution in [-0.2, 0) is 4.74 Å². The summed E-state index contributed by atoms with van der Waals surface area (Å²) in [6.07, 6.45) is 1.03. The van der Waals surface area contributed by atoms with Crippen molar-refractivity contribution in [1.29, 1.82) is 0 Å². The van der Waals surface area contributed by atoms with E-state index in [1.54, 1.807) is 6.92 Å². The van der Waals surface area contributed by atoms with Crippen LogP contribution in [0.15, 0.2) is 29.5 Å². The Morgan fingerprint density at radius 3 is 2.75 bits per heavy atom. The zero-order valence-corrected chi connectivity index (χ0v) is 9.22. The van der Waals surface area contributed by atoms with Gasteiger partial charge in [-0.25, -0.2) is 8.78 Å². The molecule has 0 aromatic heterocycles. The Hall–Kier alpha value is -1.42. The number of hydrogen-bond acceptors (Lipinski definition) is 2. The number of carbonyl (C=O) groups excluding carboxylic acids is 1. The molecular formula is C11H9ClF2O2. The molecule has 0 bridgehead atoms. The SMILES string of the molecule is CCOC=C(Cl)C(=O)c1ccc(F)cc1F. The summed E-state index contributed by atoms with van der Waals surface area (Å²) in [7, 11) is 0. The first-order valence-corrected chi connectivity index (χ1v) is 4.91. The highest BCUT2D eigenvalue weighted by molar-refractivity contribution is 6.45. The van der Waals surface area contributed by atoms with Gasteiger partial charge >= 0.3 is 0 Å². The van der Waals surface area contributed by atoms with Gasteiger partial charge in [0, 0.05) is 6.07 Å². The van der Waals surface area contributed by atoms with E-state index in [0.717, 1.165) is 18.4 Å². The molecule has 0 heterocycles. The molecule has 86 valence electrons. The van der Waals surface area contributed by atoms with E-state index in [1.807, 2.05) is 0 Å². The zero-order valence-electron chi connectivity index (χ0n) is 8.47. The molecule has 0 amide bonds. The van der Waals surface area contributed by atoms with Gasteiger partial charge in [-0.2, -0.15) is 0 Å². The van der Waals surface area contributed by atoms with Gasteiger partial charge in [-0.3, -0.25) is 4.79 Å². The van der Waals surface area contributed by atoms with Crippen molar-refractivity contribution in [3.63, 3.8) is 0 Å². The Kier molecular flexibility index (Phi) is 4.43. The van der Waals surface area contributed by atoms with E-state index in [-0.39, 0.29) is 10.6 Å². The van der Waals surface area contributed by atoms with E-state index >= 15 is 0 Å². The first-order chi connectivity index (χ1) is 7.56. The van der Waals surface area contributed by atoms with E-state index in [9.17, 15) is 13.6 Å². The number of rotatable bonds is 4. The van der Waals surface area contributed by atoms with Crippen molar-refractivity contribution >= 4 is 17.4 Å². The number of Topliss-reactive ketones (excluding diaryl/α,β-unsaturated/α-hetero) is 1. The summed E-state index contributed by atoms with van der Waals surface area (Å²) < 4.78 is 30.6. The van der Waals surface area contributed by atoms with Crippen molar-refractivity contribution < 1.29 is 18.3 Å². The number of carbonyl (C=O) groups is 1. The van der Waals surface area contributed by atoms with Crippen LogP contribution in [0.25, 0.3) is 0 Å². The molecule has 0 fully saturated rings. The predicted molar refractivity (Wildman–Crippen MR) is 56.3 cm³/mol. The van der Waals surface area contributed by atoms with E-state index in [4.69, 9.17) is 16.3 Å². The summed E-state index contributed by atoms with van der Waals surface area (Å²) in [6.45, 7) is 2.05. The monoisotopic (exact) mass is 246 g/mol. The lowest BCUT2D eigenvalue weighted by Crippen LogP contribution is -2.03. The fourth-order valence-electron chi connectivity index (χ4n) is 1.01. The molecule has 0 N–H and O–H groups in total. The molecule has 0 saturated carbocycles. The number of ketones is 1. The predicted octanol–water partition coefficient (Wildman–Crippen LogP) is 3.26. The van der Waals surface area contributed by atoms with Crippen LogP contribution in [0.5, 0.6) is 0 Å². The molecule has 1 aromatic carbocycles. The fraction of sp³-hybridized carbons (Fsp3) is 0.182. The fourth-order valence-corrected chi connectivity index (χ4v) is 1.18. The minimum Gasteiger partial charge on any atom is -0.500 e. The quantitative estimate of drug-likeness (QED) is 0.463. The van der Waals surface area contributed by atoms with Crippen molar-refractivity contribution in [2.75, 3.05) is 6.61 Å². The second-order valence-corrected chi connectivity index (χ2v) is 3.28. The second kappa shape index (κ2) is 5.61. The van der Waals surface area contributed by atoms with Gasteiger partial charge in [0.1, 0.15) is 22.9 Å². The maximum atomic E-state index is 13.2. The number of hydrogen-bond donors (Lipinski definition) is 0. The lowest BCUT2D eigenvalue weighted by Gasteiger charge is -2.01. The largest absolute Gasteiger partial charge is 0.500 e. The van der Waals surface area contributed by atoms with E-state index in [0.29, 0.717) is 12.7 Å². The highest BCUT2D eigenvalue weighted by Gasteiger charge is 2.15. The first-order valence-electron chi connectivity index (χ1n) is 4.53. The summed E-state index contributed by atoms with van der Waals surface area (Å²) >= 11 is 5.58. The number of ether oxygens (including phenoxy) is 1. The van der Waals surface area contributed by atoms with Crippen LogP contribution in [0.3, 0.4) is 0 Å². The molecule has 16 heavy (non-hydrogen) atoms. The Bertz CT molecular complexity index is 430. The first kappa shape index (κ1) is 12.6. The van der Waals surface area contributed by atoms with Gasteiger partial charge < -0.3 is 4.74 Å². The number of benzene rings is 1. The van der Waals surface area contributed by atoms with E-state index in [2.05, 4.69) is 0 Å². The molecule has 0 radical (unpaired) electrons. The maximum Gasteiger partial charge on any atom is 0.210 e. The Labute approximate surface area is 96.5 Å². The standard InChI is InChI=1S/C11H9ClF2O2/c1-2-16-6-9(12)11(15)8-4-3-7(13)5-10(8)14/h3-6H,2H2,1H3. The molecule has 5 heteroatoms. The van der Waals surface area contributed by atoms with Gasteiger partial charge in [-0.15, -0.1) is 0 Å².